The topological polar surface area (TPSA) is 88.5 Å². The molecule has 0 fully saturated rings. The molecule has 5 nitrogen and oxygen atoms in total. The predicted molar refractivity (Wildman–Crippen MR) is 92.1 cm³/mol. The molecule has 0 amide bonds. The molecule has 1 heterocycles. The second-order valence-corrected chi connectivity index (χ2v) is 6.94. The SMILES string of the molecule is CC(C)(C)c1cc(C(=O)O)c2c(c1)c(CCCO)cn2CCN. The van der Waals surface area contributed by atoms with Crippen LogP contribution in [0, 0.1) is 0 Å². The van der Waals surface area contributed by atoms with Gasteiger partial charge < -0.3 is 20.5 Å². The fourth-order valence-corrected chi connectivity index (χ4v) is 2.89. The number of rotatable bonds is 6. The summed E-state index contributed by atoms with van der Waals surface area (Å²) in [5.41, 5.74) is 8.65. The van der Waals surface area contributed by atoms with Crippen molar-refractivity contribution in [3.05, 3.63) is 35.0 Å². The molecule has 1 aromatic heterocycles. The molecule has 5 heteroatoms. The Labute approximate surface area is 136 Å². The fraction of sp³-hybridized carbons (Fsp3) is 0.500. The Hall–Kier alpha value is -1.85. The Bertz CT molecular complexity index is 711. The lowest BCUT2D eigenvalue weighted by atomic mass is 9.84. The van der Waals surface area contributed by atoms with Crippen molar-refractivity contribution in [2.24, 2.45) is 5.73 Å². The summed E-state index contributed by atoms with van der Waals surface area (Å²) in [5, 5.41) is 19.7. The van der Waals surface area contributed by atoms with E-state index >= 15 is 0 Å². The molecule has 0 saturated carbocycles. The lowest BCUT2D eigenvalue weighted by Gasteiger charge is -2.20. The minimum absolute atomic E-state index is 0.119. The molecule has 0 atom stereocenters. The highest BCUT2D eigenvalue weighted by Gasteiger charge is 2.22. The molecular formula is C18H26N2O3. The number of hydrogen-bond donors (Lipinski definition) is 3. The Kier molecular flexibility index (Phi) is 5.12. The molecular weight excluding hydrogens is 292 g/mol. The van der Waals surface area contributed by atoms with Gasteiger partial charge in [0.2, 0.25) is 0 Å². The standard InChI is InChI=1S/C18H26N2O3/c1-18(2,3)13-9-14-12(5-4-8-21)11-20(7-6-19)16(14)15(10-13)17(22)23/h9-11,21H,4-8,19H2,1-3H3,(H,22,23). The Morgan fingerprint density at radius 1 is 1.30 bits per heavy atom. The van der Waals surface area contributed by atoms with E-state index in [0.717, 1.165) is 28.5 Å². The van der Waals surface area contributed by atoms with Crippen LogP contribution in [0.4, 0.5) is 0 Å². The molecule has 0 spiro atoms. The van der Waals surface area contributed by atoms with E-state index in [2.05, 4.69) is 26.8 Å². The molecule has 0 unspecified atom stereocenters. The van der Waals surface area contributed by atoms with Crippen LogP contribution in [-0.4, -0.2) is 33.9 Å². The fourth-order valence-electron chi connectivity index (χ4n) is 2.89. The average molecular weight is 318 g/mol. The largest absolute Gasteiger partial charge is 0.478 e. The smallest absolute Gasteiger partial charge is 0.337 e. The van der Waals surface area contributed by atoms with Crippen LogP contribution >= 0.6 is 0 Å². The first kappa shape index (κ1) is 17.5. The quantitative estimate of drug-likeness (QED) is 0.763. The van der Waals surface area contributed by atoms with Crippen molar-refractivity contribution in [2.45, 2.75) is 45.6 Å². The van der Waals surface area contributed by atoms with Crippen LogP contribution in [0.5, 0.6) is 0 Å². The van der Waals surface area contributed by atoms with Crippen LogP contribution in [0.2, 0.25) is 0 Å². The average Bonchev–Trinajstić information content (AvgIpc) is 2.81. The van der Waals surface area contributed by atoms with Gasteiger partial charge in [0, 0.05) is 31.3 Å². The molecule has 23 heavy (non-hydrogen) atoms. The number of nitrogens with two attached hydrogens (primary N) is 1. The predicted octanol–water partition coefficient (Wildman–Crippen LogP) is 2.52. The number of carboxylic acid groups (broad SMARTS) is 1. The van der Waals surface area contributed by atoms with E-state index in [1.807, 2.05) is 10.8 Å². The van der Waals surface area contributed by atoms with Gasteiger partial charge in [0.1, 0.15) is 0 Å². The third-order valence-corrected chi connectivity index (χ3v) is 4.13. The molecule has 0 radical (unpaired) electrons. The van der Waals surface area contributed by atoms with Crippen molar-refractivity contribution < 1.29 is 15.0 Å². The second-order valence-electron chi connectivity index (χ2n) is 6.94. The summed E-state index contributed by atoms with van der Waals surface area (Å²) >= 11 is 0. The number of aromatic nitrogens is 1. The van der Waals surface area contributed by atoms with Crippen LogP contribution < -0.4 is 5.73 Å². The first-order valence-electron chi connectivity index (χ1n) is 8.00. The summed E-state index contributed by atoms with van der Waals surface area (Å²) < 4.78 is 1.93. The third kappa shape index (κ3) is 3.57. The maximum absolute atomic E-state index is 11.8. The Morgan fingerprint density at radius 2 is 2.00 bits per heavy atom. The highest BCUT2D eigenvalue weighted by molar-refractivity contribution is 6.04. The number of carboxylic acids is 1. The Balaban J connectivity index is 2.77. The van der Waals surface area contributed by atoms with Crippen LogP contribution in [-0.2, 0) is 18.4 Å². The summed E-state index contributed by atoms with van der Waals surface area (Å²) in [7, 11) is 0. The Morgan fingerprint density at radius 3 is 2.52 bits per heavy atom. The van der Waals surface area contributed by atoms with E-state index in [9.17, 15) is 9.90 Å². The van der Waals surface area contributed by atoms with Gasteiger partial charge in [0.25, 0.3) is 0 Å². The maximum Gasteiger partial charge on any atom is 0.337 e. The number of aliphatic hydroxyl groups excluding tert-OH is 1. The van der Waals surface area contributed by atoms with Crippen LogP contribution in [0.3, 0.4) is 0 Å². The maximum atomic E-state index is 11.8. The first-order valence-corrected chi connectivity index (χ1v) is 8.00. The summed E-state index contributed by atoms with van der Waals surface area (Å²) in [6.07, 6.45) is 3.35. The van der Waals surface area contributed by atoms with E-state index in [-0.39, 0.29) is 12.0 Å². The van der Waals surface area contributed by atoms with Crippen molar-refractivity contribution in [1.82, 2.24) is 4.57 Å². The summed E-state index contributed by atoms with van der Waals surface area (Å²) in [5.74, 6) is -0.925. The summed E-state index contributed by atoms with van der Waals surface area (Å²) in [4.78, 5) is 11.8. The van der Waals surface area contributed by atoms with Gasteiger partial charge >= 0.3 is 5.97 Å². The van der Waals surface area contributed by atoms with Gasteiger partial charge in [-0.05, 0) is 41.5 Å². The number of hydrogen-bond acceptors (Lipinski definition) is 3. The zero-order chi connectivity index (χ0) is 17.2. The van der Waals surface area contributed by atoms with E-state index in [1.54, 1.807) is 6.07 Å². The van der Waals surface area contributed by atoms with Crippen molar-refractivity contribution in [1.29, 1.82) is 0 Å². The van der Waals surface area contributed by atoms with Gasteiger partial charge in [-0.1, -0.05) is 20.8 Å². The zero-order valence-corrected chi connectivity index (χ0v) is 14.1. The number of aromatic carboxylic acids is 1. The summed E-state index contributed by atoms with van der Waals surface area (Å²) in [6, 6.07) is 3.86. The van der Waals surface area contributed by atoms with Gasteiger partial charge in [-0.2, -0.15) is 0 Å². The lowest BCUT2D eigenvalue weighted by Crippen LogP contribution is -2.14. The van der Waals surface area contributed by atoms with E-state index < -0.39 is 5.97 Å². The molecule has 0 saturated heterocycles. The molecule has 1 aromatic carbocycles. The number of fused-ring (bicyclic) bond motifs is 1. The van der Waals surface area contributed by atoms with Crippen molar-refractivity contribution in [2.75, 3.05) is 13.2 Å². The number of carbonyl (C=O) groups is 1. The molecule has 2 rings (SSSR count). The third-order valence-electron chi connectivity index (χ3n) is 4.13. The van der Waals surface area contributed by atoms with Gasteiger partial charge in [-0.3, -0.25) is 0 Å². The monoisotopic (exact) mass is 318 g/mol. The van der Waals surface area contributed by atoms with Gasteiger partial charge in [-0.15, -0.1) is 0 Å². The van der Waals surface area contributed by atoms with E-state index in [0.29, 0.717) is 25.1 Å². The van der Waals surface area contributed by atoms with Crippen molar-refractivity contribution >= 4 is 16.9 Å². The molecule has 0 aliphatic rings. The van der Waals surface area contributed by atoms with E-state index in [4.69, 9.17) is 10.8 Å². The molecule has 0 aliphatic carbocycles. The number of nitrogens with zero attached hydrogens (tertiary/aromatic N) is 1. The molecule has 4 N–H and O–H groups in total. The molecule has 0 bridgehead atoms. The van der Waals surface area contributed by atoms with Gasteiger partial charge in [-0.25, -0.2) is 4.79 Å². The second kappa shape index (κ2) is 6.72. The number of benzene rings is 1. The van der Waals surface area contributed by atoms with Crippen LogP contribution in [0.15, 0.2) is 18.3 Å². The van der Waals surface area contributed by atoms with Gasteiger partial charge in [0.15, 0.2) is 0 Å². The normalized spacial score (nSPS) is 12.0. The summed E-state index contributed by atoms with van der Waals surface area (Å²) in [6.45, 7) is 7.36. The molecule has 0 aliphatic heterocycles. The highest BCUT2D eigenvalue weighted by atomic mass is 16.4. The van der Waals surface area contributed by atoms with Gasteiger partial charge in [0.05, 0.1) is 11.1 Å². The molecule has 126 valence electrons. The minimum atomic E-state index is -0.925. The van der Waals surface area contributed by atoms with Crippen molar-refractivity contribution in [3.63, 3.8) is 0 Å². The minimum Gasteiger partial charge on any atom is -0.478 e. The highest BCUT2D eigenvalue weighted by Crippen LogP contribution is 2.32. The number of aryl methyl sites for hydroxylation is 1. The van der Waals surface area contributed by atoms with E-state index in [1.165, 1.54) is 0 Å². The first-order chi connectivity index (χ1) is 10.8. The molecule has 2 aromatic rings. The van der Waals surface area contributed by atoms with Crippen LogP contribution in [0.1, 0.15) is 48.7 Å². The zero-order valence-electron chi connectivity index (χ0n) is 14.1. The van der Waals surface area contributed by atoms with Crippen molar-refractivity contribution in [3.8, 4) is 0 Å². The number of aliphatic hydroxyl groups is 1. The lowest BCUT2D eigenvalue weighted by molar-refractivity contribution is 0.0698. The van der Waals surface area contributed by atoms with Crippen LogP contribution in [0.25, 0.3) is 10.9 Å².